The smallest absolute Gasteiger partial charge is 0.0854 e. The summed E-state index contributed by atoms with van der Waals surface area (Å²) >= 11 is 2.65. The fourth-order valence-corrected chi connectivity index (χ4v) is 6.87. The topological polar surface area (TPSA) is 30.5 Å². The zero-order chi connectivity index (χ0) is 26.1. The summed E-state index contributed by atoms with van der Waals surface area (Å²) in [5.74, 6) is 0. The fourth-order valence-electron chi connectivity index (χ4n) is 5.08. The molecule has 0 bridgehead atoms. The average molecular weight is 626 g/mol. The third kappa shape index (κ3) is 8.36. The Hall–Kier alpha value is -1.77. The van der Waals surface area contributed by atoms with Gasteiger partial charge in [-0.15, -0.1) is 0 Å². The van der Waals surface area contributed by atoms with Crippen LogP contribution in [0.2, 0.25) is 19.6 Å². The van der Waals surface area contributed by atoms with Gasteiger partial charge in [0.25, 0.3) is 0 Å². The van der Waals surface area contributed by atoms with Crippen LogP contribution in [-0.4, -0.2) is 27.3 Å². The van der Waals surface area contributed by atoms with Gasteiger partial charge in [-0.3, -0.25) is 0 Å². The second-order valence-corrected chi connectivity index (χ2v) is 18.4. The number of halogens is 1. The molecule has 3 aromatic rings. The molecule has 0 amide bonds. The Labute approximate surface area is 237 Å². The number of benzene rings is 3. The van der Waals surface area contributed by atoms with E-state index in [4.69, 9.17) is 9.47 Å². The molecule has 1 fully saturated rings. The Morgan fingerprint density at radius 3 is 1.70 bits per heavy atom. The number of hydrogen-bond acceptors (Lipinski definition) is 3. The van der Waals surface area contributed by atoms with Crippen molar-refractivity contribution in [2.75, 3.05) is 13.2 Å². The highest BCUT2D eigenvalue weighted by Gasteiger charge is 2.44. The molecule has 1 aliphatic rings. The van der Waals surface area contributed by atoms with E-state index in [9.17, 15) is 0 Å². The molecule has 1 aliphatic carbocycles. The molecular formula is C32H40INO2Si. The zero-order valence-corrected chi connectivity index (χ0v) is 25.5. The standard InChI is InChI=1S/C32H40INO2Si/c1-37(2,3)31(33)29-19-32(24-35-22-27-15-9-5-10-16-27,25-36-23-28-17-11-6-12-18-28)20-30(29)34-21-26-13-7-4-8-14-26/h4-18,30,34H,19-25H2,1-3H3/b31-29+. The minimum Gasteiger partial charge on any atom is -0.376 e. The Morgan fingerprint density at radius 2 is 1.24 bits per heavy atom. The van der Waals surface area contributed by atoms with E-state index < -0.39 is 8.07 Å². The van der Waals surface area contributed by atoms with Crippen LogP contribution < -0.4 is 5.32 Å². The van der Waals surface area contributed by atoms with Crippen molar-refractivity contribution in [1.29, 1.82) is 0 Å². The second kappa shape index (κ2) is 13.3. The SMILES string of the molecule is C[Si](C)(C)/C(I)=C1\CC(COCc2ccccc2)(COCc2ccccc2)CC1NCc1ccccc1. The average Bonchev–Trinajstić information content (AvgIpc) is 3.26. The molecule has 3 nitrogen and oxygen atoms in total. The molecule has 1 atom stereocenters. The zero-order valence-electron chi connectivity index (χ0n) is 22.4. The summed E-state index contributed by atoms with van der Waals surface area (Å²) in [4.78, 5) is 0. The van der Waals surface area contributed by atoms with Crippen molar-refractivity contribution in [3.05, 3.63) is 116 Å². The monoisotopic (exact) mass is 625 g/mol. The quantitative estimate of drug-likeness (QED) is 0.164. The highest BCUT2D eigenvalue weighted by molar-refractivity contribution is 14.1. The van der Waals surface area contributed by atoms with Crippen LogP contribution in [0.1, 0.15) is 29.5 Å². The fraction of sp³-hybridized carbons (Fsp3) is 0.375. The molecule has 0 aromatic heterocycles. The molecule has 196 valence electrons. The maximum absolute atomic E-state index is 6.41. The van der Waals surface area contributed by atoms with E-state index in [0.29, 0.717) is 32.5 Å². The third-order valence-corrected chi connectivity index (χ3v) is 14.2. The van der Waals surface area contributed by atoms with Crippen molar-refractivity contribution >= 4 is 30.7 Å². The summed E-state index contributed by atoms with van der Waals surface area (Å²) in [6.07, 6.45) is 2.04. The van der Waals surface area contributed by atoms with Gasteiger partial charge in [0.15, 0.2) is 0 Å². The van der Waals surface area contributed by atoms with E-state index in [1.807, 2.05) is 0 Å². The maximum atomic E-state index is 6.41. The summed E-state index contributed by atoms with van der Waals surface area (Å²) in [5.41, 5.74) is 5.27. The van der Waals surface area contributed by atoms with Crippen molar-refractivity contribution in [1.82, 2.24) is 5.32 Å². The van der Waals surface area contributed by atoms with Gasteiger partial charge in [0.2, 0.25) is 0 Å². The Bertz CT molecular complexity index is 1080. The first-order valence-corrected chi connectivity index (χ1v) is 17.8. The Morgan fingerprint density at radius 1 is 0.784 bits per heavy atom. The van der Waals surface area contributed by atoms with Crippen molar-refractivity contribution in [2.24, 2.45) is 5.41 Å². The van der Waals surface area contributed by atoms with E-state index in [2.05, 4.69) is 139 Å². The van der Waals surface area contributed by atoms with Crippen molar-refractivity contribution in [2.45, 2.75) is 58.3 Å². The summed E-state index contributed by atoms with van der Waals surface area (Å²) in [6, 6.07) is 32.0. The van der Waals surface area contributed by atoms with Gasteiger partial charge in [0.1, 0.15) is 0 Å². The molecule has 0 saturated heterocycles. The number of hydrogen-bond donors (Lipinski definition) is 1. The predicted octanol–water partition coefficient (Wildman–Crippen LogP) is 7.93. The summed E-state index contributed by atoms with van der Waals surface area (Å²) in [6.45, 7) is 10.9. The molecule has 4 rings (SSSR count). The van der Waals surface area contributed by atoms with Gasteiger partial charge < -0.3 is 14.8 Å². The minimum atomic E-state index is -1.46. The van der Waals surface area contributed by atoms with Gasteiger partial charge >= 0.3 is 0 Å². The van der Waals surface area contributed by atoms with Gasteiger partial charge in [-0.2, -0.15) is 0 Å². The van der Waals surface area contributed by atoms with Crippen LogP contribution >= 0.6 is 22.6 Å². The van der Waals surface area contributed by atoms with Gasteiger partial charge in [-0.1, -0.05) is 133 Å². The van der Waals surface area contributed by atoms with Crippen LogP contribution in [0.3, 0.4) is 0 Å². The molecule has 0 aliphatic heterocycles. The summed E-state index contributed by atoms with van der Waals surface area (Å²) in [7, 11) is -1.46. The van der Waals surface area contributed by atoms with E-state index in [1.165, 1.54) is 16.7 Å². The highest BCUT2D eigenvalue weighted by atomic mass is 127. The van der Waals surface area contributed by atoms with Crippen LogP contribution in [0, 0.1) is 5.41 Å². The minimum absolute atomic E-state index is 0.0523. The van der Waals surface area contributed by atoms with Crippen LogP contribution in [0.15, 0.2) is 99.8 Å². The predicted molar refractivity (Wildman–Crippen MR) is 165 cm³/mol. The van der Waals surface area contributed by atoms with Gasteiger partial charge in [-0.25, -0.2) is 0 Å². The van der Waals surface area contributed by atoms with Crippen LogP contribution in [-0.2, 0) is 29.2 Å². The van der Waals surface area contributed by atoms with Gasteiger partial charge in [-0.05, 0) is 38.3 Å². The summed E-state index contributed by atoms with van der Waals surface area (Å²) in [5, 5.41) is 3.92. The Balaban J connectivity index is 1.54. The van der Waals surface area contributed by atoms with Crippen molar-refractivity contribution in [3.8, 4) is 0 Å². The molecule has 0 spiro atoms. The number of rotatable bonds is 12. The third-order valence-electron chi connectivity index (χ3n) is 7.00. The molecule has 0 radical (unpaired) electrons. The van der Waals surface area contributed by atoms with Gasteiger partial charge in [0.05, 0.1) is 34.5 Å². The van der Waals surface area contributed by atoms with Crippen LogP contribution in [0.25, 0.3) is 0 Å². The first-order valence-electron chi connectivity index (χ1n) is 13.2. The lowest BCUT2D eigenvalue weighted by molar-refractivity contribution is -0.0297. The number of nitrogens with one attached hydrogen (secondary N) is 1. The second-order valence-electron chi connectivity index (χ2n) is 11.3. The van der Waals surface area contributed by atoms with Crippen molar-refractivity contribution in [3.63, 3.8) is 0 Å². The Kier molecular flexibility index (Phi) is 10.2. The first kappa shape index (κ1) is 28.2. The molecule has 37 heavy (non-hydrogen) atoms. The van der Waals surface area contributed by atoms with E-state index in [1.54, 1.807) is 8.78 Å². The first-order chi connectivity index (χ1) is 17.8. The lowest BCUT2D eigenvalue weighted by atomic mass is 9.87. The molecule has 1 N–H and O–H groups in total. The maximum Gasteiger partial charge on any atom is 0.0854 e. The lowest BCUT2D eigenvalue weighted by Gasteiger charge is -2.29. The van der Waals surface area contributed by atoms with E-state index in [0.717, 1.165) is 19.4 Å². The van der Waals surface area contributed by atoms with Crippen LogP contribution in [0.5, 0.6) is 0 Å². The normalized spacial score (nSPS) is 18.6. The van der Waals surface area contributed by atoms with Crippen molar-refractivity contribution < 1.29 is 9.47 Å². The lowest BCUT2D eigenvalue weighted by Crippen LogP contribution is -2.34. The molecule has 3 aromatic carbocycles. The number of ether oxygens (including phenoxy) is 2. The highest BCUT2D eigenvalue weighted by Crippen LogP contribution is 2.46. The van der Waals surface area contributed by atoms with Gasteiger partial charge in [0, 0.05) is 18.0 Å². The molecule has 1 unspecified atom stereocenters. The summed E-state index contributed by atoms with van der Waals surface area (Å²) < 4.78 is 14.4. The van der Waals surface area contributed by atoms with Crippen LogP contribution in [0.4, 0.5) is 0 Å². The largest absolute Gasteiger partial charge is 0.376 e. The molecule has 1 saturated carbocycles. The van der Waals surface area contributed by atoms with E-state index >= 15 is 0 Å². The molecule has 5 heteroatoms. The molecule has 0 heterocycles. The van der Waals surface area contributed by atoms with E-state index in [-0.39, 0.29) is 5.41 Å². The molecular weight excluding hydrogens is 585 g/mol.